The quantitative estimate of drug-likeness (QED) is 0.0274. The van der Waals surface area contributed by atoms with Crippen LogP contribution in [-0.4, -0.2) is 509 Å². The minimum Gasteiger partial charge on any atom is -0.394 e. The number of hydrogen-bond donors (Lipinski definition) is 26. The number of rotatable bonds is 50. The molecule has 5 heterocycles. The smallest absolute Gasteiger partial charge is 0.241 e. The molecule has 0 aromatic heterocycles. The third kappa shape index (κ3) is 30.5. The Bertz CT molecular complexity index is 3940. The summed E-state index contributed by atoms with van der Waals surface area (Å²) in [4.78, 5) is 132. The molecule has 5 fully saturated rings. The number of carbonyl (C=O) groups is 9. The molecule has 25 atom stereocenters. The molecule has 5 aliphatic rings. The van der Waals surface area contributed by atoms with Crippen LogP contribution in [0.4, 0.5) is 5.69 Å². The molecular weight excluding hydrogens is 1730 g/mol. The number of nitrogens with one attached hydrogen (secondary N) is 6. The molecule has 2 aromatic rings. The fraction of sp³-hybridized carbons (Fsp3) is 0.743. The number of aliphatic hydroxyl groups is 20. The topological polar surface area (TPSA) is 773 Å². The second-order valence-corrected chi connectivity index (χ2v) is 31.9. The predicted octanol–water partition coefficient (Wildman–Crippen LogP) is -17.3. The van der Waals surface area contributed by atoms with Gasteiger partial charge in [0.05, 0.1) is 104 Å². The molecule has 0 spiro atoms. The molecule has 0 radical (unpaired) electrons. The van der Waals surface area contributed by atoms with E-state index >= 15 is 0 Å². The van der Waals surface area contributed by atoms with Crippen molar-refractivity contribution in [3.63, 3.8) is 0 Å². The Morgan fingerprint density at radius 1 is 0.331 bits per heavy atom. The average Bonchev–Trinajstić information content (AvgIpc) is 0.763. The highest BCUT2D eigenvalue weighted by molar-refractivity contribution is 7.89. The first-order valence-corrected chi connectivity index (χ1v) is 42.0. The number of sulfonamides is 1. The largest absolute Gasteiger partial charge is 0.394 e. The highest BCUT2D eigenvalue weighted by Gasteiger charge is 2.49. The van der Waals surface area contributed by atoms with E-state index in [1.165, 1.54) is 18.2 Å². The first-order chi connectivity index (χ1) is 60.3. The number of hydrogen-bond acceptors (Lipinski definition) is 42. The Hall–Kier alpha value is -7.56. The van der Waals surface area contributed by atoms with Gasteiger partial charge < -0.3 is 201 Å². The second kappa shape index (κ2) is 51.9. The first-order valence-electron chi connectivity index (χ1n) is 40.6. The maximum Gasteiger partial charge on any atom is 0.241 e. The van der Waals surface area contributed by atoms with Gasteiger partial charge in [-0.3, -0.25) is 43.2 Å². The number of fused-ring (bicyclic) bond motifs is 1. The molecule has 26 N–H and O–H groups in total. The van der Waals surface area contributed by atoms with Crippen molar-refractivity contribution in [3.05, 3.63) is 36.4 Å². The normalized spacial score (nSPS) is 29.7. The Labute approximate surface area is 726 Å². The van der Waals surface area contributed by atoms with Crippen molar-refractivity contribution in [2.45, 2.75) is 184 Å². The average molecular weight is 1850 g/mol. The van der Waals surface area contributed by atoms with Crippen LogP contribution >= 0.6 is 0 Å². The van der Waals surface area contributed by atoms with Crippen molar-refractivity contribution in [3.8, 4) is 0 Å². The van der Waals surface area contributed by atoms with Crippen LogP contribution in [0.1, 0.15) is 25.7 Å². The Morgan fingerprint density at radius 2 is 0.583 bits per heavy atom. The fourth-order valence-electron chi connectivity index (χ4n) is 13.7. The minimum absolute atomic E-state index is 0.242. The summed E-state index contributed by atoms with van der Waals surface area (Å²) in [5.41, 5.74) is 0.627. The van der Waals surface area contributed by atoms with Gasteiger partial charge in [-0.2, -0.15) is 0 Å². The summed E-state index contributed by atoms with van der Waals surface area (Å²) in [6.07, 6.45) is -45.4. The van der Waals surface area contributed by atoms with Gasteiger partial charge in [0, 0.05) is 115 Å². The van der Waals surface area contributed by atoms with Crippen molar-refractivity contribution in [1.82, 2.24) is 50.9 Å². The molecule has 0 aliphatic carbocycles. The van der Waals surface area contributed by atoms with Crippen LogP contribution in [0.15, 0.2) is 41.3 Å². The van der Waals surface area contributed by atoms with E-state index in [4.69, 9.17) is 47.4 Å². The maximum atomic E-state index is 14.9. The monoisotopic (exact) mass is 1850 g/mol. The van der Waals surface area contributed by atoms with Gasteiger partial charge in [-0.1, -0.05) is 24.3 Å². The summed E-state index contributed by atoms with van der Waals surface area (Å²) in [5, 5.41) is 216. The molecule has 0 bridgehead atoms. The molecule has 5 aliphatic heterocycles. The molecule has 53 heteroatoms. The summed E-state index contributed by atoms with van der Waals surface area (Å²) in [7, 11) is -1.17. The molecule has 5 saturated heterocycles. The third-order valence-corrected chi connectivity index (χ3v) is 22.4. The number of nitrogens with zero attached hydrogens (tertiary/aromatic N) is 5. The van der Waals surface area contributed by atoms with Crippen LogP contribution in [0.25, 0.3) is 10.8 Å². The van der Waals surface area contributed by atoms with E-state index in [1.807, 2.05) is 0 Å². The van der Waals surface area contributed by atoms with E-state index in [0.29, 0.717) is 11.1 Å². The molecule has 7 rings (SSSR count). The van der Waals surface area contributed by atoms with Crippen molar-refractivity contribution in [2.75, 3.05) is 177 Å². The van der Waals surface area contributed by atoms with Crippen LogP contribution in [0, 0.1) is 0 Å². The van der Waals surface area contributed by atoms with Gasteiger partial charge in [0.2, 0.25) is 63.2 Å². The predicted molar refractivity (Wildman–Crippen MR) is 422 cm³/mol. The van der Waals surface area contributed by atoms with Gasteiger partial charge in [0.1, 0.15) is 122 Å². The van der Waals surface area contributed by atoms with Gasteiger partial charge in [-0.15, -0.1) is 0 Å². The summed E-state index contributed by atoms with van der Waals surface area (Å²) >= 11 is 0. The number of aliphatic hydroxyl groups excluding tert-OH is 20. The summed E-state index contributed by atoms with van der Waals surface area (Å²) in [5.74, 6) is -9.08. The van der Waals surface area contributed by atoms with E-state index in [2.05, 4.69) is 31.3 Å². The van der Waals surface area contributed by atoms with E-state index in [1.54, 1.807) is 37.2 Å². The van der Waals surface area contributed by atoms with Crippen molar-refractivity contribution in [2.24, 2.45) is 0 Å². The van der Waals surface area contributed by atoms with Crippen LogP contribution < -0.4 is 36.2 Å². The van der Waals surface area contributed by atoms with E-state index < -0.39 is 394 Å². The number of anilines is 1. The highest BCUT2D eigenvalue weighted by atomic mass is 32.2. The summed E-state index contributed by atoms with van der Waals surface area (Å²) < 4.78 is 84.6. The molecule has 2 aromatic carbocycles. The zero-order chi connectivity index (χ0) is 93.7. The lowest BCUT2D eigenvalue weighted by Crippen LogP contribution is -2.59. The summed E-state index contributed by atoms with van der Waals surface area (Å²) in [6.45, 7) is -16.4. The highest BCUT2D eigenvalue weighted by Crippen LogP contribution is 2.32. The van der Waals surface area contributed by atoms with E-state index in [9.17, 15) is 154 Å². The lowest BCUT2D eigenvalue weighted by Gasteiger charge is -2.39. The SMILES string of the molecule is CN(C)c1cccc2c(S(=O)(=O)NCC(=O)N(CCC(=O)N(CCC(=O)N(CCC(=O)N(CCC(=O)NCCO[C@@H]3O[C@H](CO)[C@H](O)[C@H](O)[C@H]3O)CC(=O)NCCO[C@@H]3O[C@H](CO)[C@H](O)[C@H](O)[C@H]3O)CC(=O)NCCO[C@@H]3O[C@H](CO)[C@H](O)[C@H](O)[C@H]3O)CC(=O)NCCO[C@@H]3O[C@H](CO)[C@H](O)[C@H](O)[C@H]3O)CC(=O)NCCO[C@@H]3O[C@H](CO)[C@H](O)[C@H](O)[C@H]3O)cccc12. The van der Waals surface area contributed by atoms with Crippen LogP contribution in [0.5, 0.6) is 0 Å². The number of benzene rings is 2. The van der Waals surface area contributed by atoms with Gasteiger partial charge in [0.25, 0.3) is 0 Å². The second-order valence-electron chi connectivity index (χ2n) is 30.2. The Kier molecular flexibility index (Phi) is 43.5. The molecule has 722 valence electrons. The van der Waals surface area contributed by atoms with Crippen molar-refractivity contribution >= 4 is 79.6 Å². The van der Waals surface area contributed by atoms with Crippen molar-refractivity contribution < 1.29 is 201 Å². The van der Waals surface area contributed by atoms with Crippen molar-refractivity contribution in [1.29, 1.82) is 0 Å². The standard InChI is InChI=1S/C74H119N11O41S/c1-81(2)39-7-3-6-38-37(39)5-4-8-45(38)127(115,116)80-27-54(99)85(31-50(95)79-17-26-121-74-69(114)64(109)59(104)44(36-90)126-74)21-12-53(98)84(30-49(94)78-16-25-120-73-68(113)63(108)58(103)43(35-89)125-73)20-11-52(97)83(29-48(93)77-15-24-119-72-67(112)62(107)57(102)42(34-88)124-72)19-10-51(96)82(28-47(92)76-14-23-118-71-66(111)61(106)56(101)41(33-87)123-71)18-9-46(91)75-13-22-117-70-65(110)60(105)55(100)40(32-86)122-70/h3-8,40-44,55-74,80,86-90,100-114H,9-36H2,1-2H3,(H,75,91)(H,76,92)(H,77,93)(H,78,94)(H,79,95)/t40-,41-,42-,43-,44-,55+,56+,57+,58+,59+,60+,61+,62+,63+,64+,65-,66-,67-,68-,69-,70-,71-,72-,73-,74-/m1/s1. The zero-order valence-corrected chi connectivity index (χ0v) is 70.2. The van der Waals surface area contributed by atoms with Gasteiger partial charge >= 0.3 is 0 Å². The molecular formula is C74H119N11O41S. The van der Waals surface area contributed by atoms with Crippen LogP contribution in [0.2, 0.25) is 0 Å². The zero-order valence-electron chi connectivity index (χ0n) is 69.4. The fourth-order valence-corrected chi connectivity index (χ4v) is 14.9. The van der Waals surface area contributed by atoms with Crippen LogP contribution in [-0.2, 0) is 101 Å². The molecule has 52 nitrogen and oxygen atoms in total. The first kappa shape index (κ1) is 106. The van der Waals surface area contributed by atoms with Gasteiger partial charge in [-0.25, -0.2) is 13.1 Å². The van der Waals surface area contributed by atoms with Gasteiger partial charge in [-0.05, 0) is 12.1 Å². The molecule has 9 amide bonds. The van der Waals surface area contributed by atoms with Crippen LogP contribution in [0.3, 0.4) is 0 Å². The Morgan fingerprint density at radius 3 is 0.858 bits per heavy atom. The third-order valence-electron chi connectivity index (χ3n) is 21.0. The number of ether oxygens (including phenoxy) is 10. The molecule has 0 saturated carbocycles. The molecule has 127 heavy (non-hydrogen) atoms. The maximum absolute atomic E-state index is 14.9. The lowest BCUT2D eigenvalue weighted by atomic mass is 9.99. The Balaban J connectivity index is 1.13. The molecule has 0 unspecified atom stereocenters. The number of amides is 9. The minimum atomic E-state index is -4.62. The van der Waals surface area contributed by atoms with Gasteiger partial charge in [0.15, 0.2) is 31.5 Å². The summed E-state index contributed by atoms with van der Waals surface area (Å²) in [6, 6.07) is 9.25. The number of carbonyl (C=O) groups excluding carboxylic acids is 9. The van der Waals surface area contributed by atoms with E-state index in [-0.39, 0.29) is 16.8 Å². The lowest BCUT2D eigenvalue weighted by molar-refractivity contribution is -0.300. The van der Waals surface area contributed by atoms with E-state index in [0.717, 1.165) is 19.6 Å².